The van der Waals surface area contributed by atoms with Crippen molar-refractivity contribution in [3.8, 4) is 0 Å². The van der Waals surface area contributed by atoms with Crippen LogP contribution in [0.1, 0.15) is 13.8 Å². The predicted molar refractivity (Wildman–Crippen MR) is 47.2 cm³/mol. The quantitative estimate of drug-likeness (QED) is 0.628. The molecule has 12 heavy (non-hydrogen) atoms. The van der Waals surface area contributed by atoms with Crippen LogP contribution >= 0.6 is 0 Å². The van der Waals surface area contributed by atoms with E-state index in [1.807, 2.05) is 20.0 Å². The highest BCUT2D eigenvalue weighted by Crippen LogP contribution is 2.21. The number of ether oxygens (including phenoxy) is 1. The van der Waals surface area contributed by atoms with Gasteiger partial charge in [0.15, 0.2) is 0 Å². The van der Waals surface area contributed by atoms with E-state index in [1.165, 1.54) is 5.57 Å². The number of hydroxylamine groups is 2. The van der Waals surface area contributed by atoms with Gasteiger partial charge in [0.2, 0.25) is 0 Å². The van der Waals surface area contributed by atoms with E-state index in [-0.39, 0.29) is 0 Å². The van der Waals surface area contributed by atoms with Crippen LogP contribution in [0.15, 0.2) is 23.1 Å². The van der Waals surface area contributed by atoms with E-state index in [2.05, 4.69) is 0 Å². The number of allylic oxidation sites excluding steroid dienone is 1. The Morgan fingerprint density at radius 1 is 1.33 bits per heavy atom. The van der Waals surface area contributed by atoms with Gasteiger partial charge in [0.25, 0.3) is 0 Å². The van der Waals surface area contributed by atoms with Crippen LogP contribution in [0.4, 0.5) is 0 Å². The molecule has 68 valence electrons. The van der Waals surface area contributed by atoms with E-state index in [9.17, 15) is 0 Å². The van der Waals surface area contributed by atoms with Gasteiger partial charge in [-0.15, -0.1) is 0 Å². The molecule has 0 saturated heterocycles. The van der Waals surface area contributed by atoms with Crippen molar-refractivity contribution < 1.29 is 9.57 Å². The summed E-state index contributed by atoms with van der Waals surface area (Å²) in [6.07, 6.45) is 1.94. The molecule has 1 aliphatic rings. The van der Waals surface area contributed by atoms with Crippen LogP contribution in [0.25, 0.3) is 0 Å². The second-order valence-corrected chi connectivity index (χ2v) is 2.88. The standard InChI is InChI=1S/C9H15NO2/c1-7-5-10(12-4)6-8(2)9(7)11-3/h5H,6H2,1-4H3. The lowest BCUT2D eigenvalue weighted by Gasteiger charge is -2.25. The SMILES string of the molecule is COC1=C(C)CN(OC)C=C1C. The fourth-order valence-corrected chi connectivity index (χ4v) is 1.41. The molecule has 0 aromatic rings. The molecule has 0 spiro atoms. The maximum atomic E-state index is 5.24. The fourth-order valence-electron chi connectivity index (χ4n) is 1.41. The maximum Gasteiger partial charge on any atom is 0.124 e. The van der Waals surface area contributed by atoms with Crippen molar-refractivity contribution in [3.05, 3.63) is 23.1 Å². The van der Waals surface area contributed by atoms with Crippen molar-refractivity contribution in [2.24, 2.45) is 0 Å². The van der Waals surface area contributed by atoms with Gasteiger partial charge in [0.1, 0.15) is 5.76 Å². The first kappa shape index (κ1) is 9.13. The molecule has 1 rings (SSSR count). The first-order chi connectivity index (χ1) is 5.69. The Labute approximate surface area is 73.2 Å². The summed E-state index contributed by atoms with van der Waals surface area (Å²) < 4.78 is 5.24. The Morgan fingerprint density at radius 3 is 2.42 bits per heavy atom. The summed E-state index contributed by atoms with van der Waals surface area (Å²) in [6, 6.07) is 0. The van der Waals surface area contributed by atoms with Gasteiger partial charge in [-0.05, 0) is 19.4 Å². The van der Waals surface area contributed by atoms with Crippen LogP contribution in [0, 0.1) is 0 Å². The summed E-state index contributed by atoms with van der Waals surface area (Å²) in [7, 11) is 3.35. The second-order valence-electron chi connectivity index (χ2n) is 2.88. The van der Waals surface area contributed by atoms with Crippen molar-refractivity contribution in [3.63, 3.8) is 0 Å². The Morgan fingerprint density at radius 2 is 2.00 bits per heavy atom. The van der Waals surface area contributed by atoms with Crippen LogP contribution in [0.3, 0.4) is 0 Å². The Kier molecular flexibility index (Phi) is 2.76. The highest BCUT2D eigenvalue weighted by Gasteiger charge is 2.14. The van der Waals surface area contributed by atoms with Crippen LogP contribution < -0.4 is 0 Å². The first-order valence-corrected chi connectivity index (χ1v) is 3.92. The van der Waals surface area contributed by atoms with Gasteiger partial charge in [-0.3, -0.25) is 9.90 Å². The molecule has 3 heteroatoms. The topological polar surface area (TPSA) is 21.7 Å². The zero-order valence-corrected chi connectivity index (χ0v) is 8.05. The molecule has 0 fully saturated rings. The molecule has 0 unspecified atom stereocenters. The molecule has 0 bridgehead atoms. The van der Waals surface area contributed by atoms with Crippen LogP contribution in [0.5, 0.6) is 0 Å². The molecule has 0 saturated carbocycles. The number of hydrogen-bond donors (Lipinski definition) is 0. The highest BCUT2D eigenvalue weighted by molar-refractivity contribution is 5.31. The zero-order chi connectivity index (χ0) is 9.14. The molecule has 1 aliphatic heterocycles. The Balaban J connectivity index is 2.84. The molecular weight excluding hydrogens is 154 g/mol. The third-order valence-corrected chi connectivity index (χ3v) is 1.92. The molecule has 0 aromatic carbocycles. The molecule has 1 heterocycles. The van der Waals surface area contributed by atoms with Crippen molar-refractivity contribution in [2.75, 3.05) is 20.8 Å². The van der Waals surface area contributed by atoms with Crippen molar-refractivity contribution in [2.45, 2.75) is 13.8 Å². The van der Waals surface area contributed by atoms with Crippen molar-refractivity contribution >= 4 is 0 Å². The van der Waals surface area contributed by atoms with E-state index in [1.54, 1.807) is 19.3 Å². The largest absolute Gasteiger partial charge is 0.496 e. The predicted octanol–water partition coefficient (Wildman–Crippen LogP) is 1.69. The van der Waals surface area contributed by atoms with Crippen molar-refractivity contribution in [1.29, 1.82) is 0 Å². The Hall–Kier alpha value is -0.960. The molecule has 3 nitrogen and oxygen atoms in total. The molecular formula is C9H15NO2. The number of nitrogens with zero attached hydrogens (tertiary/aromatic N) is 1. The van der Waals surface area contributed by atoms with E-state index in [4.69, 9.17) is 9.57 Å². The third-order valence-electron chi connectivity index (χ3n) is 1.92. The van der Waals surface area contributed by atoms with Gasteiger partial charge in [0, 0.05) is 11.8 Å². The monoisotopic (exact) mass is 169 g/mol. The highest BCUT2D eigenvalue weighted by atomic mass is 16.7. The van der Waals surface area contributed by atoms with E-state index < -0.39 is 0 Å². The minimum Gasteiger partial charge on any atom is -0.496 e. The van der Waals surface area contributed by atoms with Gasteiger partial charge < -0.3 is 4.74 Å². The molecule has 0 atom stereocenters. The van der Waals surface area contributed by atoms with Crippen LogP contribution in [-0.4, -0.2) is 25.8 Å². The smallest absolute Gasteiger partial charge is 0.124 e. The normalized spacial score (nSPS) is 18.0. The summed E-state index contributed by atoms with van der Waals surface area (Å²) in [5.41, 5.74) is 2.29. The lowest BCUT2D eigenvalue weighted by Crippen LogP contribution is -2.23. The lowest BCUT2D eigenvalue weighted by atomic mass is 10.1. The Bertz CT molecular complexity index is 231. The number of methoxy groups -OCH3 is 1. The minimum absolute atomic E-state index is 0.775. The fraction of sp³-hybridized carbons (Fsp3) is 0.556. The van der Waals surface area contributed by atoms with Gasteiger partial charge in [0.05, 0.1) is 20.8 Å². The average Bonchev–Trinajstić information content (AvgIpc) is 2.03. The van der Waals surface area contributed by atoms with Gasteiger partial charge in [-0.1, -0.05) is 0 Å². The van der Waals surface area contributed by atoms with Gasteiger partial charge in [-0.2, -0.15) is 0 Å². The molecule has 0 radical (unpaired) electrons. The van der Waals surface area contributed by atoms with Gasteiger partial charge in [-0.25, -0.2) is 0 Å². The second kappa shape index (κ2) is 3.63. The van der Waals surface area contributed by atoms with Crippen LogP contribution in [-0.2, 0) is 9.57 Å². The van der Waals surface area contributed by atoms with E-state index >= 15 is 0 Å². The summed E-state index contributed by atoms with van der Waals surface area (Å²) in [6.45, 7) is 4.83. The first-order valence-electron chi connectivity index (χ1n) is 3.92. The average molecular weight is 169 g/mol. The summed E-state index contributed by atoms with van der Waals surface area (Å²) >= 11 is 0. The summed E-state index contributed by atoms with van der Waals surface area (Å²) in [5.74, 6) is 0.975. The molecule has 0 aromatic heterocycles. The van der Waals surface area contributed by atoms with Gasteiger partial charge >= 0.3 is 0 Å². The molecule has 0 aliphatic carbocycles. The maximum absolute atomic E-state index is 5.24. The minimum atomic E-state index is 0.775. The van der Waals surface area contributed by atoms with Crippen molar-refractivity contribution in [1.82, 2.24) is 5.06 Å². The summed E-state index contributed by atoms with van der Waals surface area (Å²) in [4.78, 5) is 5.09. The van der Waals surface area contributed by atoms with Crippen LogP contribution in [0.2, 0.25) is 0 Å². The zero-order valence-electron chi connectivity index (χ0n) is 8.05. The lowest BCUT2D eigenvalue weighted by molar-refractivity contribution is -0.0834. The number of hydrogen-bond acceptors (Lipinski definition) is 3. The molecule has 0 N–H and O–H groups in total. The van der Waals surface area contributed by atoms with E-state index in [0.29, 0.717) is 0 Å². The van der Waals surface area contributed by atoms with E-state index in [0.717, 1.165) is 17.9 Å². The number of rotatable bonds is 2. The summed E-state index contributed by atoms with van der Waals surface area (Å²) in [5, 5.41) is 1.78. The third kappa shape index (κ3) is 1.61. The molecule has 0 amide bonds.